The number of nitrogens with two attached hydrogens (primary N) is 1. The molecule has 1 aliphatic rings. The lowest BCUT2D eigenvalue weighted by Crippen LogP contribution is -2.42. The lowest BCUT2D eigenvalue weighted by Gasteiger charge is -2.32. The van der Waals surface area contributed by atoms with Crippen molar-refractivity contribution in [1.29, 1.82) is 0 Å². The van der Waals surface area contributed by atoms with Gasteiger partial charge in [-0.05, 0) is 18.8 Å². The monoisotopic (exact) mass is 227 g/mol. The van der Waals surface area contributed by atoms with Crippen molar-refractivity contribution in [2.45, 2.75) is 52.0 Å². The van der Waals surface area contributed by atoms with Gasteiger partial charge in [-0.25, -0.2) is 0 Å². The Labute approximate surface area is 98.3 Å². The molecule has 3 unspecified atom stereocenters. The second-order valence-corrected chi connectivity index (χ2v) is 4.89. The van der Waals surface area contributed by atoms with E-state index in [0.717, 1.165) is 12.5 Å². The molecule has 0 aliphatic heterocycles. The highest BCUT2D eigenvalue weighted by Crippen LogP contribution is 2.26. The van der Waals surface area contributed by atoms with Gasteiger partial charge in [0.2, 0.25) is 0 Å². The second kappa shape index (κ2) is 6.74. The summed E-state index contributed by atoms with van der Waals surface area (Å²) in [5.74, 6) is 1.22. The van der Waals surface area contributed by atoms with E-state index >= 15 is 0 Å². The molecule has 1 rings (SSSR count). The van der Waals surface area contributed by atoms with Crippen LogP contribution in [-0.4, -0.2) is 23.6 Å². The van der Waals surface area contributed by atoms with Crippen LogP contribution in [0.4, 0.5) is 0 Å². The molecule has 16 heavy (non-hydrogen) atoms. The molecule has 0 bridgehead atoms. The Balaban J connectivity index is 2.35. The molecule has 0 aromatic rings. The maximum absolute atomic E-state index is 8.58. The highest BCUT2D eigenvalue weighted by Gasteiger charge is 2.23. The van der Waals surface area contributed by atoms with Gasteiger partial charge in [0, 0.05) is 18.5 Å². The molecule has 0 spiro atoms. The van der Waals surface area contributed by atoms with Crippen LogP contribution in [-0.2, 0) is 0 Å². The van der Waals surface area contributed by atoms with Gasteiger partial charge < -0.3 is 16.3 Å². The molecule has 4 nitrogen and oxygen atoms in total. The number of amidine groups is 1. The predicted octanol–water partition coefficient (Wildman–Crippen LogP) is 1.93. The average molecular weight is 227 g/mol. The van der Waals surface area contributed by atoms with Crippen LogP contribution in [0.15, 0.2) is 5.16 Å². The first-order valence-electron chi connectivity index (χ1n) is 6.39. The summed E-state index contributed by atoms with van der Waals surface area (Å²) in [6.07, 6.45) is 6.54. The van der Waals surface area contributed by atoms with Gasteiger partial charge in [-0.2, -0.15) is 0 Å². The minimum atomic E-state index is 0.101. The maximum Gasteiger partial charge on any atom is 0.143 e. The van der Waals surface area contributed by atoms with Crippen LogP contribution < -0.4 is 11.1 Å². The van der Waals surface area contributed by atoms with Gasteiger partial charge in [-0.15, -0.1) is 0 Å². The summed E-state index contributed by atoms with van der Waals surface area (Å²) in [7, 11) is 0. The van der Waals surface area contributed by atoms with Crippen molar-refractivity contribution in [3.8, 4) is 0 Å². The number of nitrogens with zero attached hydrogens (tertiary/aromatic N) is 1. The van der Waals surface area contributed by atoms with E-state index in [9.17, 15) is 0 Å². The fourth-order valence-corrected chi connectivity index (χ4v) is 2.50. The molecule has 94 valence electrons. The lowest BCUT2D eigenvalue weighted by atomic mass is 9.82. The molecule has 1 saturated carbocycles. The van der Waals surface area contributed by atoms with Crippen LogP contribution in [0.5, 0.6) is 0 Å². The second-order valence-electron chi connectivity index (χ2n) is 4.89. The first-order valence-corrected chi connectivity index (χ1v) is 6.39. The van der Waals surface area contributed by atoms with Crippen molar-refractivity contribution >= 4 is 5.84 Å². The molecule has 3 atom stereocenters. The highest BCUT2D eigenvalue weighted by atomic mass is 16.4. The molecule has 1 fully saturated rings. The van der Waals surface area contributed by atoms with Crippen LogP contribution in [0.3, 0.4) is 0 Å². The van der Waals surface area contributed by atoms with Gasteiger partial charge in [0.25, 0.3) is 0 Å². The van der Waals surface area contributed by atoms with E-state index in [1.54, 1.807) is 0 Å². The van der Waals surface area contributed by atoms with E-state index in [1.165, 1.54) is 32.1 Å². The Hall–Kier alpha value is -0.770. The molecule has 0 radical (unpaired) electrons. The van der Waals surface area contributed by atoms with Crippen molar-refractivity contribution in [2.75, 3.05) is 6.54 Å². The zero-order chi connectivity index (χ0) is 12.0. The minimum absolute atomic E-state index is 0.101. The summed E-state index contributed by atoms with van der Waals surface area (Å²) < 4.78 is 0. The zero-order valence-corrected chi connectivity index (χ0v) is 10.4. The zero-order valence-electron chi connectivity index (χ0n) is 10.4. The quantitative estimate of drug-likeness (QED) is 0.291. The summed E-state index contributed by atoms with van der Waals surface area (Å²) in [5, 5.41) is 15.2. The van der Waals surface area contributed by atoms with Crippen molar-refractivity contribution in [1.82, 2.24) is 5.32 Å². The van der Waals surface area contributed by atoms with E-state index in [1.807, 2.05) is 6.92 Å². The minimum Gasteiger partial charge on any atom is -0.409 e. The third kappa shape index (κ3) is 3.67. The number of rotatable bonds is 5. The van der Waals surface area contributed by atoms with Crippen LogP contribution in [0.1, 0.15) is 46.0 Å². The molecule has 0 saturated heterocycles. The molecule has 4 heteroatoms. The van der Waals surface area contributed by atoms with Crippen LogP contribution in [0.25, 0.3) is 0 Å². The van der Waals surface area contributed by atoms with Crippen molar-refractivity contribution in [3.63, 3.8) is 0 Å². The van der Waals surface area contributed by atoms with Gasteiger partial charge in [0.15, 0.2) is 0 Å². The first kappa shape index (κ1) is 13.3. The Bertz CT molecular complexity index is 230. The fraction of sp³-hybridized carbons (Fsp3) is 0.917. The van der Waals surface area contributed by atoms with E-state index < -0.39 is 0 Å². The van der Waals surface area contributed by atoms with Crippen LogP contribution in [0, 0.1) is 11.8 Å². The summed E-state index contributed by atoms with van der Waals surface area (Å²) >= 11 is 0. The Kier molecular flexibility index (Phi) is 5.60. The number of oxime groups is 1. The Morgan fingerprint density at radius 3 is 2.81 bits per heavy atom. The van der Waals surface area contributed by atoms with E-state index in [-0.39, 0.29) is 5.92 Å². The predicted molar refractivity (Wildman–Crippen MR) is 66.6 cm³/mol. The van der Waals surface area contributed by atoms with Gasteiger partial charge in [-0.3, -0.25) is 0 Å². The Morgan fingerprint density at radius 1 is 1.50 bits per heavy atom. The molecular weight excluding hydrogens is 202 g/mol. The van der Waals surface area contributed by atoms with E-state index in [0.29, 0.717) is 11.9 Å². The van der Waals surface area contributed by atoms with E-state index in [2.05, 4.69) is 17.4 Å². The first-order chi connectivity index (χ1) is 7.69. The van der Waals surface area contributed by atoms with Gasteiger partial charge >= 0.3 is 0 Å². The average Bonchev–Trinajstić information content (AvgIpc) is 2.35. The number of nitrogens with one attached hydrogen (secondary N) is 1. The highest BCUT2D eigenvalue weighted by molar-refractivity contribution is 5.82. The topological polar surface area (TPSA) is 70.6 Å². The third-order valence-electron chi connectivity index (χ3n) is 3.74. The van der Waals surface area contributed by atoms with Crippen molar-refractivity contribution < 1.29 is 5.21 Å². The van der Waals surface area contributed by atoms with Crippen LogP contribution >= 0.6 is 0 Å². The normalized spacial score (nSPS) is 29.0. The summed E-state index contributed by atoms with van der Waals surface area (Å²) in [6, 6.07) is 0.618. The van der Waals surface area contributed by atoms with Crippen molar-refractivity contribution in [3.05, 3.63) is 0 Å². The summed E-state index contributed by atoms with van der Waals surface area (Å²) in [4.78, 5) is 0. The smallest absolute Gasteiger partial charge is 0.143 e. The van der Waals surface area contributed by atoms with Crippen molar-refractivity contribution in [2.24, 2.45) is 22.7 Å². The fourth-order valence-electron chi connectivity index (χ4n) is 2.50. The number of hydrogen-bond acceptors (Lipinski definition) is 3. The summed E-state index contributed by atoms with van der Waals surface area (Å²) in [5.41, 5.74) is 5.56. The Morgan fingerprint density at radius 2 is 2.19 bits per heavy atom. The van der Waals surface area contributed by atoms with Gasteiger partial charge in [-0.1, -0.05) is 38.3 Å². The van der Waals surface area contributed by atoms with E-state index in [4.69, 9.17) is 10.9 Å². The maximum atomic E-state index is 8.58. The third-order valence-corrected chi connectivity index (χ3v) is 3.74. The molecule has 0 amide bonds. The summed E-state index contributed by atoms with van der Waals surface area (Å²) in [6.45, 7) is 5.04. The van der Waals surface area contributed by atoms with Gasteiger partial charge in [0.1, 0.15) is 5.84 Å². The largest absolute Gasteiger partial charge is 0.409 e. The standard InChI is InChI=1S/C12H25N3O/c1-3-10-6-4-5-7-11(10)14-8-9(2)12(13)15-16/h9-11,14,16H,3-8H2,1-2H3,(H2,13,15). The molecule has 0 aromatic carbocycles. The lowest BCUT2D eigenvalue weighted by molar-refractivity contribution is 0.252. The molecule has 0 heterocycles. The molecular formula is C12H25N3O. The van der Waals surface area contributed by atoms with Gasteiger partial charge in [0.05, 0.1) is 0 Å². The number of hydrogen-bond donors (Lipinski definition) is 3. The molecule has 4 N–H and O–H groups in total. The SMILES string of the molecule is CCC1CCCCC1NCC(C)C(N)=NO. The molecule has 0 aromatic heterocycles. The van der Waals surface area contributed by atoms with Crippen LogP contribution in [0.2, 0.25) is 0 Å². The molecule has 1 aliphatic carbocycles.